The first-order valence-corrected chi connectivity index (χ1v) is 13.2. The summed E-state index contributed by atoms with van der Waals surface area (Å²) < 4.78 is 1.42. The van der Waals surface area contributed by atoms with Crippen LogP contribution in [0.5, 0.6) is 0 Å². The Morgan fingerprint density at radius 2 is 0.759 bits per heavy atom. The Morgan fingerprint density at radius 3 is 0.966 bits per heavy atom. The van der Waals surface area contributed by atoms with Gasteiger partial charge in [-0.15, -0.1) is 25.3 Å². The van der Waals surface area contributed by atoms with Crippen molar-refractivity contribution in [1.29, 1.82) is 0 Å². The van der Waals surface area contributed by atoms with Crippen LogP contribution in [0.25, 0.3) is 0 Å². The molecule has 0 radical (unpaired) electrons. The minimum absolute atomic E-state index is 0.200. The highest BCUT2D eigenvalue weighted by Gasteiger charge is 2.24. The van der Waals surface area contributed by atoms with E-state index in [-0.39, 0.29) is 20.1 Å². The summed E-state index contributed by atoms with van der Waals surface area (Å²) in [6.07, 6.45) is 11.1. The highest BCUT2D eigenvalue weighted by Crippen LogP contribution is 2.44. The van der Waals surface area contributed by atoms with Crippen LogP contribution in [0.4, 0.5) is 0 Å². The minimum atomic E-state index is 0.200. The van der Waals surface area contributed by atoms with Crippen molar-refractivity contribution in [1.82, 2.24) is 0 Å². The van der Waals surface area contributed by atoms with Crippen LogP contribution >= 0.6 is 71.7 Å². The number of rotatable bonds is 12. The van der Waals surface area contributed by atoms with Crippen molar-refractivity contribution in [3.05, 3.63) is 20.1 Å². The van der Waals surface area contributed by atoms with E-state index in [0.717, 1.165) is 0 Å². The Bertz CT molecular complexity index is 454. The van der Waals surface area contributed by atoms with Gasteiger partial charge in [-0.1, -0.05) is 99.8 Å². The molecule has 1 rings (SSSR count). The third kappa shape index (κ3) is 10.5. The number of thiol groups is 2. The van der Waals surface area contributed by atoms with Gasteiger partial charge < -0.3 is 4.48 Å². The second kappa shape index (κ2) is 16.6. The zero-order valence-electron chi connectivity index (χ0n) is 18.3. The molecule has 170 valence electrons. The average molecular weight is 522 g/mol. The molecule has 1 nitrogen and oxygen atoms in total. The predicted molar refractivity (Wildman–Crippen MR) is 140 cm³/mol. The molecule has 29 heavy (non-hydrogen) atoms. The highest BCUT2D eigenvalue weighted by atomic mass is 35.5. The first kappa shape index (κ1) is 30.0. The molecule has 0 atom stereocenters. The monoisotopic (exact) mass is 520 g/mol. The second-order valence-corrected chi connectivity index (χ2v) is 10.0. The molecular weight excluding hydrogens is 484 g/mol. The number of nitrogens with zero attached hydrogens (tertiary/aromatic N) is 1. The van der Waals surface area contributed by atoms with E-state index in [0.29, 0.717) is 9.79 Å². The lowest BCUT2D eigenvalue weighted by Crippen LogP contribution is -2.50. The Hall–Kier alpha value is 1.04. The number of quaternary nitrogens is 1. The molecule has 0 fully saturated rings. The zero-order valence-corrected chi connectivity index (χ0v) is 23.2. The summed E-state index contributed by atoms with van der Waals surface area (Å²) >= 11 is 31.1. The third-order valence-electron chi connectivity index (χ3n) is 5.16. The van der Waals surface area contributed by atoms with Crippen molar-refractivity contribution in [2.75, 3.05) is 26.2 Å². The molecule has 0 bridgehead atoms. The predicted octanol–water partition coefficient (Wildman–Crippen LogP) is 9.88. The number of hydrogen-bond donors (Lipinski definition) is 2. The molecule has 0 saturated heterocycles. The first-order chi connectivity index (χ1) is 13.7. The number of benzene rings is 1. The third-order valence-corrected chi connectivity index (χ3v) is 8.30. The molecular formula is C22H38Cl4NS2+. The van der Waals surface area contributed by atoms with E-state index in [4.69, 9.17) is 46.4 Å². The van der Waals surface area contributed by atoms with Gasteiger partial charge in [0.25, 0.3) is 0 Å². The summed E-state index contributed by atoms with van der Waals surface area (Å²) in [5, 5.41) is 0.927. The van der Waals surface area contributed by atoms with Gasteiger partial charge in [0.15, 0.2) is 0 Å². The Labute approximate surface area is 210 Å². The lowest BCUT2D eigenvalue weighted by atomic mass is 10.1. The first-order valence-electron chi connectivity index (χ1n) is 10.8. The lowest BCUT2D eigenvalue weighted by molar-refractivity contribution is -0.929. The molecule has 0 unspecified atom stereocenters. The van der Waals surface area contributed by atoms with Crippen LogP contribution < -0.4 is 0 Å². The maximum Gasteiger partial charge on any atom is 0.0805 e. The van der Waals surface area contributed by atoms with Crippen LogP contribution in [0.3, 0.4) is 0 Å². The quantitative estimate of drug-likeness (QED) is 0.116. The summed E-state index contributed by atoms with van der Waals surface area (Å²) in [7, 11) is 0. The molecule has 0 aliphatic carbocycles. The van der Waals surface area contributed by atoms with E-state index in [9.17, 15) is 0 Å². The van der Waals surface area contributed by atoms with E-state index in [1.807, 2.05) is 0 Å². The van der Waals surface area contributed by atoms with Crippen LogP contribution in [0.1, 0.15) is 79.1 Å². The van der Waals surface area contributed by atoms with Crippen molar-refractivity contribution in [2.45, 2.75) is 88.9 Å². The molecule has 7 heteroatoms. The van der Waals surface area contributed by atoms with Crippen LogP contribution in [-0.4, -0.2) is 30.7 Å². The lowest BCUT2D eigenvalue weighted by Gasteiger charge is -2.39. The normalized spacial score (nSPS) is 11.4. The fourth-order valence-electron chi connectivity index (χ4n) is 3.25. The SMILES string of the molecule is CCCC[N+](CCCC)(CCCC)CCCC.Sc1c(S)c(Cl)c(Cl)c(Cl)c1Cl. The van der Waals surface area contributed by atoms with Gasteiger partial charge in [-0.05, 0) is 25.7 Å². The standard InChI is InChI=1S/C16H36N.C6H2Cl4S2/c1-5-9-13-17(14-10-6-2,15-11-7-3)16-12-8-4;7-1-2(8)4(10)6(12)5(11)3(1)9/h5-16H2,1-4H3;11-12H/q+1;. The molecule has 0 N–H and O–H groups in total. The molecule has 1 aromatic rings. The van der Waals surface area contributed by atoms with Crippen molar-refractivity contribution in [3.63, 3.8) is 0 Å². The largest absolute Gasteiger partial charge is 0.324 e. The Kier molecular flexibility index (Phi) is 17.2. The Morgan fingerprint density at radius 1 is 0.517 bits per heavy atom. The van der Waals surface area contributed by atoms with E-state index in [1.165, 1.54) is 82.0 Å². The summed E-state index contributed by atoms with van der Waals surface area (Å²) in [6, 6.07) is 0. The van der Waals surface area contributed by atoms with Gasteiger partial charge in [-0.25, -0.2) is 0 Å². The van der Waals surface area contributed by atoms with Crippen LogP contribution in [0.2, 0.25) is 20.1 Å². The summed E-state index contributed by atoms with van der Waals surface area (Å²) in [5.41, 5.74) is 0. The molecule has 0 aliphatic heterocycles. The maximum absolute atomic E-state index is 5.76. The second-order valence-electron chi connectivity index (χ2n) is 7.60. The molecule has 0 heterocycles. The summed E-state index contributed by atoms with van der Waals surface area (Å²) in [5.74, 6) is 0. The summed E-state index contributed by atoms with van der Waals surface area (Å²) in [6.45, 7) is 15.0. The van der Waals surface area contributed by atoms with E-state index in [1.54, 1.807) is 0 Å². The van der Waals surface area contributed by atoms with Gasteiger partial charge in [-0.3, -0.25) is 0 Å². The van der Waals surface area contributed by atoms with Crippen LogP contribution in [0, 0.1) is 0 Å². The smallest absolute Gasteiger partial charge is 0.0805 e. The number of hydrogen-bond acceptors (Lipinski definition) is 2. The minimum Gasteiger partial charge on any atom is -0.324 e. The molecule has 1 aromatic carbocycles. The number of unbranched alkanes of at least 4 members (excludes halogenated alkanes) is 4. The van der Waals surface area contributed by atoms with Crippen molar-refractivity contribution >= 4 is 71.7 Å². The molecule has 0 amide bonds. The van der Waals surface area contributed by atoms with Crippen molar-refractivity contribution < 1.29 is 4.48 Å². The van der Waals surface area contributed by atoms with Crippen molar-refractivity contribution in [3.8, 4) is 0 Å². The fourth-order valence-corrected chi connectivity index (χ4v) is 4.82. The van der Waals surface area contributed by atoms with Gasteiger partial charge in [0.1, 0.15) is 0 Å². The Balaban J connectivity index is 0.000000571. The van der Waals surface area contributed by atoms with Gasteiger partial charge in [-0.2, -0.15) is 0 Å². The molecule has 0 saturated carbocycles. The topological polar surface area (TPSA) is 0 Å². The number of halogens is 4. The van der Waals surface area contributed by atoms with E-state index >= 15 is 0 Å². The van der Waals surface area contributed by atoms with Crippen molar-refractivity contribution in [2.24, 2.45) is 0 Å². The summed E-state index contributed by atoms with van der Waals surface area (Å²) in [4.78, 5) is 0.860. The van der Waals surface area contributed by atoms with Gasteiger partial charge in [0.05, 0.1) is 46.3 Å². The highest BCUT2D eigenvalue weighted by molar-refractivity contribution is 7.83. The van der Waals surface area contributed by atoms with Crippen LogP contribution in [-0.2, 0) is 0 Å². The molecule has 0 spiro atoms. The van der Waals surface area contributed by atoms with Gasteiger partial charge >= 0.3 is 0 Å². The fraction of sp³-hybridized carbons (Fsp3) is 0.727. The zero-order chi connectivity index (χ0) is 22.4. The van der Waals surface area contributed by atoms with Gasteiger partial charge in [0.2, 0.25) is 0 Å². The average Bonchev–Trinajstić information content (AvgIpc) is 2.74. The molecule has 0 aromatic heterocycles. The maximum atomic E-state index is 5.76. The molecule has 0 aliphatic rings. The van der Waals surface area contributed by atoms with E-state index < -0.39 is 0 Å². The van der Waals surface area contributed by atoms with E-state index in [2.05, 4.69) is 53.0 Å². The van der Waals surface area contributed by atoms with Gasteiger partial charge in [0, 0.05) is 9.79 Å². The van der Waals surface area contributed by atoms with Crippen LogP contribution in [0.15, 0.2) is 9.79 Å².